The Morgan fingerprint density at radius 2 is 1.81 bits per heavy atom. The van der Waals surface area contributed by atoms with Gasteiger partial charge in [0.15, 0.2) is 0 Å². The highest BCUT2D eigenvalue weighted by atomic mass is 35.5. The summed E-state index contributed by atoms with van der Waals surface area (Å²) >= 11 is 13.4. The first-order chi connectivity index (χ1) is 20.1. The van der Waals surface area contributed by atoms with Gasteiger partial charge < -0.3 is 25.0 Å². The number of anilines is 2. The van der Waals surface area contributed by atoms with E-state index in [1.807, 2.05) is 44.1 Å². The summed E-state index contributed by atoms with van der Waals surface area (Å²) in [7, 11) is 8.48. The Bertz CT molecular complexity index is 1690. The van der Waals surface area contributed by atoms with Crippen LogP contribution in [0.1, 0.15) is 18.5 Å². The van der Waals surface area contributed by atoms with E-state index in [-0.39, 0.29) is 27.1 Å². The predicted molar refractivity (Wildman–Crippen MR) is 168 cm³/mol. The largest absolute Gasteiger partial charge is 0.495 e. The number of ether oxygens (including phenoxy) is 2. The third-order valence-electron chi connectivity index (χ3n) is 6.60. The lowest BCUT2D eigenvalue weighted by Crippen LogP contribution is -2.27. The number of fused-ring (bicyclic) bond motifs is 1. The van der Waals surface area contributed by atoms with Crippen molar-refractivity contribution in [3.8, 4) is 22.6 Å². The second kappa shape index (κ2) is 13.2. The normalized spacial score (nSPS) is 12.1. The maximum atomic E-state index is 14.3. The number of nitrogens with zero attached hydrogens (tertiary/aromatic N) is 4. The van der Waals surface area contributed by atoms with Crippen LogP contribution in [0, 0.1) is 0 Å². The fourth-order valence-electron chi connectivity index (χ4n) is 4.48. The van der Waals surface area contributed by atoms with Crippen LogP contribution in [0.2, 0.25) is 10.0 Å². The predicted octanol–water partition coefficient (Wildman–Crippen LogP) is 5.49. The number of carbonyl (C=O) groups excluding carboxylic acids is 1. The van der Waals surface area contributed by atoms with Crippen molar-refractivity contribution in [2.45, 2.75) is 13.0 Å². The molecule has 0 fully saturated rings. The minimum atomic E-state index is -0.522. The minimum absolute atomic E-state index is 0.166. The number of amides is 1. The van der Waals surface area contributed by atoms with Gasteiger partial charge in [-0.3, -0.25) is 14.2 Å². The summed E-state index contributed by atoms with van der Waals surface area (Å²) in [4.78, 5) is 37.7. The van der Waals surface area contributed by atoms with E-state index in [9.17, 15) is 9.59 Å². The topological polar surface area (TPSA) is 111 Å². The number of hydrogen-bond acceptors (Lipinski definition) is 8. The first kappa shape index (κ1) is 30.8. The van der Waals surface area contributed by atoms with Gasteiger partial charge >= 0.3 is 0 Å². The van der Waals surface area contributed by atoms with Gasteiger partial charge in [-0.05, 0) is 44.8 Å². The van der Waals surface area contributed by atoms with E-state index in [1.165, 1.54) is 20.3 Å². The summed E-state index contributed by atoms with van der Waals surface area (Å²) < 4.78 is 12.4. The zero-order chi connectivity index (χ0) is 30.6. The van der Waals surface area contributed by atoms with Crippen LogP contribution in [0.5, 0.6) is 11.5 Å². The van der Waals surface area contributed by atoms with Gasteiger partial charge in [-0.2, -0.15) is 4.98 Å². The molecule has 1 amide bonds. The van der Waals surface area contributed by atoms with Gasteiger partial charge in [0.05, 0.1) is 35.9 Å². The first-order valence-corrected chi connectivity index (χ1v) is 13.8. The van der Waals surface area contributed by atoms with Crippen molar-refractivity contribution in [1.29, 1.82) is 0 Å². The molecule has 0 saturated heterocycles. The third kappa shape index (κ3) is 6.35. The van der Waals surface area contributed by atoms with Crippen molar-refractivity contribution in [1.82, 2.24) is 19.4 Å². The number of halogens is 2. The fraction of sp³-hybridized carbons (Fsp3) is 0.267. The number of likely N-dealkylation sites (N-methyl/N-ethyl adjacent to an activating group) is 1. The van der Waals surface area contributed by atoms with Crippen molar-refractivity contribution >= 4 is 51.8 Å². The average molecular weight is 612 g/mol. The van der Waals surface area contributed by atoms with Crippen LogP contribution in [0.3, 0.4) is 0 Å². The van der Waals surface area contributed by atoms with Crippen molar-refractivity contribution in [2.75, 3.05) is 52.5 Å². The Kier molecular flexibility index (Phi) is 9.72. The molecule has 220 valence electrons. The molecule has 0 aliphatic heterocycles. The monoisotopic (exact) mass is 610 g/mol. The summed E-state index contributed by atoms with van der Waals surface area (Å²) in [5, 5.41) is 6.72. The average Bonchev–Trinajstić information content (AvgIpc) is 2.97. The number of pyridine rings is 1. The Morgan fingerprint density at radius 1 is 1.12 bits per heavy atom. The zero-order valence-corrected chi connectivity index (χ0v) is 25.7. The summed E-state index contributed by atoms with van der Waals surface area (Å²) in [5.41, 5.74) is 1.84. The number of rotatable bonds is 10. The molecule has 1 atom stereocenters. The number of hydrogen-bond donors (Lipinski definition) is 2. The van der Waals surface area contributed by atoms with Gasteiger partial charge in [-0.15, -0.1) is 0 Å². The number of nitrogens with one attached hydrogen (secondary N) is 2. The van der Waals surface area contributed by atoms with Crippen molar-refractivity contribution in [3.63, 3.8) is 0 Å². The molecule has 0 bridgehead atoms. The highest BCUT2D eigenvalue weighted by Gasteiger charge is 2.25. The maximum absolute atomic E-state index is 14.3. The molecule has 0 aliphatic carbocycles. The second-order valence-corrected chi connectivity index (χ2v) is 10.5. The molecular formula is C30H32Cl2N6O4. The van der Waals surface area contributed by atoms with Gasteiger partial charge in [0.2, 0.25) is 11.9 Å². The minimum Gasteiger partial charge on any atom is -0.495 e. The van der Waals surface area contributed by atoms with E-state index in [1.54, 1.807) is 42.1 Å². The summed E-state index contributed by atoms with van der Waals surface area (Å²) in [6, 6.07) is 10.00. The maximum Gasteiger partial charge on any atom is 0.260 e. The molecule has 2 heterocycles. The van der Waals surface area contributed by atoms with E-state index < -0.39 is 11.6 Å². The van der Waals surface area contributed by atoms with Crippen molar-refractivity contribution < 1.29 is 14.3 Å². The van der Waals surface area contributed by atoms with Crippen LogP contribution in [-0.2, 0) is 4.79 Å². The molecule has 0 spiro atoms. The van der Waals surface area contributed by atoms with Crippen LogP contribution < -0.4 is 25.7 Å². The van der Waals surface area contributed by atoms with Crippen LogP contribution in [0.25, 0.3) is 22.2 Å². The van der Waals surface area contributed by atoms with Gasteiger partial charge in [-0.1, -0.05) is 41.4 Å². The Balaban J connectivity index is 1.89. The molecule has 2 aromatic heterocycles. The SMILES string of the molecule is CNc1ncc2cc(-c3c(Cl)c(OC)cc(OC)c3Cl)c(=O)n(C(C)c3cccc(NC(=O)/C=C/CN(C)C)c3)c2n1. The molecule has 0 radical (unpaired) electrons. The molecule has 2 aromatic carbocycles. The Labute approximate surface area is 253 Å². The number of carbonyl (C=O) groups is 1. The Hall–Kier alpha value is -4.12. The van der Waals surface area contributed by atoms with Crippen LogP contribution in [-0.4, -0.2) is 67.2 Å². The summed E-state index contributed by atoms with van der Waals surface area (Å²) in [6.07, 6.45) is 4.89. The molecular weight excluding hydrogens is 579 g/mol. The fourth-order valence-corrected chi connectivity index (χ4v) is 5.19. The van der Waals surface area contributed by atoms with E-state index in [0.29, 0.717) is 40.7 Å². The molecule has 12 heteroatoms. The molecule has 4 aromatic rings. The Morgan fingerprint density at radius 3 is 2.43 bits per heavy atom. The third-order valence-corrected chi connectivity index (χ3v) is 7.35. The van der Waals surface area contributed by atoms with Crippen molar-refractivity contribution in [3.05, 3.63) is 80.7 Å². The van der Waals surface area contributed by atoms with Gasteiger partial charge in [0, 0.05) is 48.6 Å². The van der Waals surface area contributed by atoms with E-state index in [2.05, 4.69) is 20.6 Å². The lowest BCUT2D eigenvalue weighted by Gasteiger charge is -2.21. The van der Waals surface area contributed by atoms with Crippen LogP contribution in [0.15, 0.2) is 59.5 Å². The van der Waals surface area contributed by atoms with E-state index in [0.717, 1.165) is 5.56 Å². The molecule has 0 saturated carbocycles. The van der Waals surface area contributed by atoms with Crippen LogP contribution in [0.4, 0.5) is 11.6 Å². The molecule has 1 unspecified atom stereocenters. The van der Waals surface area contributed by atoms with Crippen molar-refractivity contribution in [2.24, 2.45) is 0 Å². The van der Waals surface area contributed by atoms with Gasteiger partial charge in [-0.25, -0.2) is 4.98 Å². The number of benzene rings is 2. The first-order valence-electron chi connectivity index (χ1n) is 13.0. The lowest BCUT2D eigenvalue weighted by atomic mass is 10.0. The summed E-state index contributed by atoms with van der Waals surface area (Å²) in [5.74, 6) is 0.697. The quantitative estimate of drug-likeness (QED) is 0.227. The highest BCUT2D eigenvalue weighted by Crippen LogP contribution is 2.45. The van der Waals surface area contributed by atoms with E-state index in [4.69, 9.17) is 32.7 Å². The molecule has 42 heavy (non-hydrogen) atoms. The highest BCUT2D eigenvalue weighted by molar-refractivity contribution is 6.41. The second-order valence-electron chi connectivity index (χ2n) is 9.70. The molecule has 0 aliphatic rings. The van der Waals surface area contributed by atoms with Crippen LogP contribution >= 0.6 is 23.2 Å². The lowest BCUT2D eigenvalue weighted by molar-refractivity contribution is -0.111. The zero-order valence-electron chi connectivity index (χ0n) is 24.2. The summed E-state index contributed by atoms with van der Waals surface area (Å²) in [6.45, 7) is 2.51. The smallest absolute Gasteiger partial charge is 0.260 e. The number of methoxy groups -OCH3 is 2. The standard InChI is InChI=1S/C30H32Cl2N6O4/c1-17(18-9-7-10-20(13-18)35-24(39)11-8-12-37(3)4)38-28-19(16-34-30(33-2)36-28)14-21(29(38)40)25-26(31)22(41-5)15-23(42-6)27(25)32/h7-11,13-17H,12H2,1-6H3,(H,35,39)(H,33,34,36)/b11-8+. The molecule has 10 nitrogen and oxygen atoms in total. The number of aromatic nitrogens is 3. The van der Waals surface area contributed by atoms with Gasteiger partial charge in [0.1, 0.15) is 17.1 Å². The molecule has 2 N–H and O–H groups in total. The molecule has 4 rings (SSSR count). The van der Waals surface area contributed by atoms with Gasteiger partial charge in [0.25, 0.3) is 5.56 Å². The van der Waals surface area contributed by atoms with E-state index >= 15 is 0 Å².